The summed E-state index contributed by atoms with van der Waals surface area (Å²) in [6, 6.07) is 5.49. The van der Waals surface area contributed by atoms with Crippen LogP contribution in [0.1, 0.15) is 32.1 Å². The summed E-state index contributed by atoms with van der Waals surface area (Å²) < 4.78 is 13.4. The Kier molecular flexibility index (Phi) is 5.53. The van der Waals surface area contributed by atoms with E-state index >= 15 is 0 Å². The van der Waals surface area contributed by atoms with Gasteiger partial charge in [0.05, 0.1) is 6.04 Å². The summed E-state index contributed by atoms with van der Waals surface area (Å²) in [5.41, 5.74) is 0.512. The SMILES string of the molecule is O=C1C[C@@H](NC(=O)N2CCCC[C@H]2CCO)CN1c1cccc(F)c1. The van der Waals surface area contributed by atoms with Crippen LogP contribution in [0.2, 0.25) is 0 Å². The van der Waals surface area contributed by atoms with Crippen LogP contribution in [0.15, 0.2) is 24.3 Å². The Labute approximate surface area is 146 Å². The van der Waals surface area contributed by atoms with Crippen molar-refractivity contribution in [2.45, 2.75) is 44.2 Å². The van der Waals surface area contributed by atoms with Crippen molar-refractivity contribution in [3.8, 4) is 0 Å². The number of piperidine rings is 1. The lowest BCUT2D eigenvalue weighted by Crippen LogP contribution is -2.52. The molecule has 0 radical (unpaired) electrons. The normalized spacial score (nSPS) is 23.8. The number of nitrogens with one attached hydrogen (secondary N) is 1. The van der Waals surface area contributed by atoms with Crippen molar-refractivity contribution in [3.05, 3.63) is 30.1 Å². The molecule has 2 N–H and O–H groups in total. The second-order valence-corrected chi connectivity index (χ2v) is 6.69. The van der Waals surface area contributed by atoms with Crippen LogP contribution in [0.5, 0.6) is 0 Å². The van der Waals surface area contributed by atoms with Crippen molar-refractivity contribution < 1.29 is 19.1 Å². The summed E-state index contributed by atoms with van der Waals surface area (Å²) in [6.45, 7) is 1.07. The molecule has 2 aliphatic heterocycles. The van der Waals surface area contributed by atoms with Gasteiger partial charge in [0.1, 0.15) is 5.82 Å². The molecule has 3 rings (SSSR count). The number of carbonyl (C=O) groups excluding carboxylic acids is 2. The second-order valence-electron chi connectivity index (χ2n) is 6.69. The fraction of sp³-hybridized carbons (Fsp3) is 0.556. The van der Waals surface area contributed by atoms with Crippen molar-refractivity contribution in [2.75, 3.05) is 24.6 Å². The zero-order valence-electron chi connectivity index (χ0n) is 14.2. The van der Waals surface area contributed by atoms with Gasteiger partial charge in [-0.3, -0.25) is 4.79 Å². The summed E-state index contributed by atoms with van der Waals surface area (Å²) in [5.74, 6) is -0.514. The third-order valence-corrected chi connectivity index (χ3v) is 4.92. The van der Waals surface area contributed by atoms with E-state index in [1.54, 1.807) is 17.0 Å². The molecule has 3 amide bonds. The molecule has 1 aromatic rings. The molecule has 136 valence electrons. The summed E-state index contributed by atoms with van der Waals surface area (Å²) in [7, 11) is 0. The number of nitrogens with zero attached hydrogens (tertiary/aromatic N) is 2. The lowest BCUT2D eigenvalue weighted by molar-refractivity contribution is -0.117. The molecular formula is C18H24FN3O3. The van der Waals surface area contributed by atoms with Gasteiger partial charge >= 0.3 is 6.03 Å². The van der Waals surface area contributed by atoms with E-state index < -0.39 is 5.82 Å². The van der Waals surface area contributed by atoms with Gasteiger partial charge in [0.15, 0.2) is 0 Å². The average Bonchev–Trinajstić information content (AvgIpc) is 2.96. The zero-order valence-corrected chi connectivity index (χ0v) is 14.2. The average molecular weight is 349 g/mol. The molecule has 2 saturated heterocycles. The van der Waals surface area contributed by atoms with E-state index in [0.29, 0.717) is 25.2 Å². The van der Waals surface area contributed by atoms with Crippen molar-refractivity contribution in [1.29, 1.82) is 0 Å². The summed E-state index contributed by atoms with van der Waals surface area (Å²) in [5, 5.41) is 12.1. The molecule has 0 unspecified atom stereocenters. The molecule has 1 aromatic carbocycles. The monoisotopic (exact) mass is 349 g/mol. The number of amides is 3. The number of halogens is 1. The van der Waals surface area contributed by atoms with E-state index in [1.165, 1.54) is 17.0 Å². The summed E-state index contributed by atoms with van der Waals surface area (Å²) in [6.07, 6.45) is 3.69. The third-order valence-electron chi connectivity index (χ3n) is 4.92. The predicted molar refractivity (Wildman–Crippen MR) is 91.7 cm³/mol. The van der Waals surface area contributed by atoms with E-state index in [2.05, 4.69) is 5.32 Å². The van der Waals surface area contributed by atoms with E-state index in [0.717, 1.165) is 19.3 Å². The Morgan fingerprint density at radius 1 is 1.36 bits per heavy atom. The summed E-state index contributed by atoms with van der Waals surface area (Å²) in [4.78, 5) is 28.1. The standard InChI is InChI=1S/C18H24FN3O3/c19-13-4-3-6-16(10-13)22-12-14(11-17(22)24)20-18(25)21-8-2-1-5-15(21)7-9-23/h3-4,6,10,14-15,23H,1-2,5,7-9,11-12H2,(H,20,25)/t14-,15+/m1/s1. The molecule has 0 saturated carbocycles. The first-order valence-corrected chi connectivity index (χ1v) is 8.82. The highest BCUT2D eigenvalue weighted by molar-refractivity contribution is 5.96. The van der Waals surface area contributed by atoms with E-state index in [-0.39, 0.29) is 37.0 Å². The maximum absolute atomic E-state index is 13.4. The number of rotatable bonds is 4. The topological polar surface area (TPSA) is 72.9 Å². The van der Waals surface area contributed by atoms with Gasteiger partial charge in [-0.2, -0.15) is 0 Å². The van der Waals surface area contributed by atoms with Crippen molar-refractivity contribution >= 4 is 17.6 Å². The van der Waals surface area contributed by atoms with Gasteiger partial charge in [0.2, 0.25) is 5.91 Å². The van der Waals surface area contributed by atoms with Gasteiger partial charge in [-0.25, -0.2) is 9.18 Å². The third kappa shape index (κ3) is 4.10. The predicted octanol–water partition coefficient (Wildman–Crippen LogP) is 1.88. The van der Waals surface area contributed by atoms with Crippen LogP contribution >= 0.6 is 0 Å². The Balaban J connectivity index is 1.61. The molecule has 0 bridgehead atoms. The minimum Gasteiger partial charge on any atom is -0.396 e. The first-order chi connectivity index (χ1) is 12.1. The Bertz CT molecular complexity index is 638. The summed E-state index contributed by atoms with van der Waals surface area (Å²) >= 11 is 0. The number of benzene rings is 1. The zero-order chi connectivity index (χ0) is 17.8. The van der Waals surface area contributed by atoms with Gasteiger partial charge in [-0.05, 0) is 43.9 Å². The van der Waals surface area contributed by atoms with Crippen LogP contribution in [0.4, 0.5) is 14.9 Å². The van der Waals surface area contributed by atoms with E-state index in [1.807, 2.05) is 0 Å². The highest BCUT2D eigenvalue weighted by Crippen LogP contribution is 2.23. The van der Waals surface area contributed by atoms with Crippen LogP contribution in [-0.4, -0.2) is 53.7 Å². The van der Waals surface area contributed by atoms with Crippen LogP contribution in [-0.2, 0) is 4.79 Å². The largest absolute Gasteiger partial charge is 0.396 e. The smallest absolute Gasteiger partial charge is 0.317 e. The number of urea groups is 1. The minimum absolute atomic E-state index is 0.0511. The molecule has 2 aliphatic rings. The maximum Gasteiger partial charge on any atom is 0.317 e. The van der Waals surface area contributed by atoms with Crippen molar-refractivity contribution in [1.82, 2.24) is 10.2 Å². The minimum atomic E-state index is -0.391. The number of hydrogen-bond acceptors (Lipinski definition) is 3. The van der Waals surface area contributed by atoms with Gasteiger partial charge in [-0.1, -0.05) is 6.07 Å². The number of likely N-dealkylation sites (tertiary alicyclic amines) is 1. The quantitative estimate of drug-likeness (QED) is 0.872. The molecule has 2 fully saturated rings. The molecular weight excluding hydrogens is 325 g/mol. The van der Waals surface area contributed by atoms with Gasteiger partial charge in [-0.15, -0.1) is 0 Å². The van der Waals surface area contributed by atoms with Crippen LogP contribution in [0.25, 0.3) is 0 Å². The highest BCUT2D eigenvalue weighted by atomic mass is 19.1. The molecule has 25 heavy (non-hydrogen) atoms. The van der Waals surface area contributed by atoms with Crippen LogP contribution < -0.4 is 10.2 Å². The Hall–Kier alpha value is -2.15. The van der Waals surface area contributed by atoms with Crippen molar-refractivity contribution in [3.63, 3.8) is 0 Å². The van der Waals surface area contributed by atoms with Gasteiger partial charge < -0.3 is 20.2 Å². The fourth-order valence-corrected chi connectivity index (χ4v) is 3.67. The van der Waals surface area contributed by atoms with E-state index in [4.69, 9.17) is 0 Å². The highest BCUT2D eigenvalue weighted by Gasteiger charge is 2.34. The molecule has 0 aromatic heterocycles. The maximum atomic E-state index is 13.4. The molecule has 0 spiro atoms. The lowest BCUT2D eigenvalue weighted by atomic mass is 10.00. The number of aliphatic hydroxyl groups is 1. The number of carbonyl (C=O) groups is 2. The lowest BCUT2D eigenvalue weighted by Gasteiger charge is -2.36. The van der Waals surface area contributed by atoms with Crippen molar-refractivity contribution in [2.24, 2.45) is 0 Å². The van der Waals surface area contributed by atoms with E-state index in [9.17, 15) is 19.1 Å². The second kappa shape index (κ2) is 7.82. The number of hydrogen-bond donors (Lipinski definition) is 2. The Morgan fingerprint density at radius 3 is 2.96 bits per heavy atom. The number of aliphatic hydroxyl groups excluding tert-OH is 1. The van der Waals surface area contributed by atoms with Gasteiger partial charge in [0, 0.05) is 37.8 Å². The molecule has 0 aliphatic carbocycles. The molecule has 2 heterocycles. The van der Waals surface area contributed by atoms with Crippen LogP contribution in [0, 0.1) is 5.82 Å². The molecule has 7 heteroatoms. The Morgan fingerprint density at radius 2 is 2.20 bits per heavy atom. The van der Waals surface area contributed by atoms with Crippen LogP contribution in [0.3, 0.4) is 0 Å². The first-order valence-electron chi connectivity index (χ1n) is 8.82. The molecule has 2 atom stereocenters. The number of anilines is 1. The fourth-order valence-electron chi connectivity index (χ4n) is 3.67. The first kappa shape index (κ1) is 17.7. The molecule has 6 nitrogen and oxygen atoms in total. The van der Waals surface area contributed by atoms with Gasteiger partial charge in [0.25, 0.3) is 0 Å².